The maximum Gasteiger partial charge on any atom is 0.0677 e. The summed E-state index contributed by atoms with van der Waals surface area (Å²) in [5, 5.41) is 11.8. The molecule has 0 radical (unpaired) electrons. The van der Waals surface area contributed by atoms with Crippen LogP contribution < -0.4 is 5.32 Å². The molecule has 0 spiro atoms. The average Bonchev–Trinajstić information content (AvgIpc) is 2.22. The van der Waals surface area contributed by atoms with Gasteiger partial charge in [0.05, 0.1) is 11.4 Å². The summed E-state index contributed by atoms with van der Waals surface area (Å²) in [4.78, 5) is 0. The lowest BCUT2D eigenvalue weighted by molar-refractivity contribution is 0.449. The van der Waals surface area contributed by atoms with Crippen LogP contribution in [-0.2, 0) is 0 Å². The van der Waals surface area contributed by atoms with Gasteiger partial charge in [-0.3, -0.25) is 0 Å². The van der Waals surface area contributed by atoms with Crippen molar-refractivity contribution in [2.45, 2.75) is 46.1 Å². The van der Waals surface area contributed by atoms with E-state index in [9.17, 15) is 0 Å². The van der Waals surface area contributed by atoms with Gasteiger partial charge in [-0.2, -0.15) is 10.2 Å². The Balaban J connectivity index is 2.77. The summed E-state index contributed by atoms with van der Waals surface area (Å²) >= 11 is 0. The predicted octanol–water partition coefficient (Wildman–Crippen LogP) is 2.28. The van der Waals surface area contributed by atoms with Crippen molar-refractivity contribution in [3.05, 3.63) is 23.5 Å². The van der Waals surface area contributed by atoms with Gasteiger partial charge in [0.2, 0.25) is 0 Å². The zero-order chi connectivity index (χ0) is 11.3. The summed E-state index contributed by atoms with van der Waals surface area (Å²) in [7, 11) is 0. The summed E-state index contributed by atoms with van der Waals surface area (Å²) < 4.78 is 0. The zero-order valence-electron chi connectivity index (χ0n) is 10.1. The molecular weight excluding hydrogens is 186 g/mol. The molecular formula is C12H21N3. The van der Waals surface area contributed by atoms with Crippen molar-refractivity contribution >= 4 is 0 Å². The molecule has 15 heavy (non-hydrogen) atoms. The Morgan fingerprint density at radius 1 is 1.27 bits per heavy atom. The van der Waals surface area contributed by atoms with Crippen molar-refractivity contribution < 1.29 is 0 Å². The molecule has 0 saturated carbocycles. The molecule has 0 aliphatic carbocycles. The van der Waals surface area contributed by atoms with E-state index in [1.165, 1.54) is 0 Å². The molecule has 1 rings (SSSR count). The number of nitrogens with zero attached hydrogens (tertiary/aromatic N) is 2. The lowest BCUT2D eigenvalue weighted by atomic mass is 9.94. The van der Waals surface area contributed by atoms with Gasteiger partial charge in [0.15, 0.2) is 0 Å². The normalized spacial score (nSPS) is 14.9. The lowest BCUT2D eigenvalue weighted by Gasteiger charge is -2.22. The summed E-state index contributed by atoms with van der Waals surface area (Å²) in [6.45, 7) is 9.49. The molecule has 3 heteroatoms. The summed E-state index contributed by atoms with van der Waals surface area (Å²) in [5.41, 5.74) is 2.07. The van der Waals surface area contributed by atoms with Gasteiger partial charge in [0, 0.05) is 12.0 Å². The van der Waals surface area contributed by atoms with Gasteiger partial charge in [-0.05, 0) is 38.9 Å². The predicted molar refractivity (Wildman–Crippen MR) is 62.9 cm³/mol. The number of nitrogens with one attached hydrogen (secondary N) is 1. The molecule has 0 aliphatic heterocycles. The van der Waals surface area contributed by atoms with Gasteiger partial charge in [-0.1, -0.05) is 13.8 Å². The summed E-state index contributed by atoms with van der Waals surface area (Å²) in [6.07, 6.45) is 1.09. The highest BCUT2D eigenvalue weighted by Gasteiger charge is 2.17. The molecule has 3 nitrogen and oxygen atoms in total. The van der Waals surface area contributed by atoms with E-state index in [0.717, 1.165) is 24.4 Å². The van der Waals surface area contributed by atoms with Crippen molar-refractivity contribution in [2.75, 3.05) is 6.54 Å². The van der Waals surface area contributed by atoms with E-state index >= 15 is 0 Å². The molecule has 0 fully saturated rings. The van der Waals surface area contributed by atoms with Gasteiger partial charge in [-0.15, -0.1) is 0 Å². The number of hydrogen-bond acceptors (Lipinski definition) is 3. The first-order valence-electron chi connectivity index (χ1n) is 5.72. The van der Waals surface area contributed by atoms with Gasteiger partial charge in [-0.25, -0.2) is 0 Å². The van der Waals surface area contributed by atoms with E-state index in [1.807, 2.05) is 13.0 Å². The van der Waals surface area contributed by atoms with Gasteiger partial charge in [0.25, 0.3) is 0 Å². The minimum absolute atomic E-state index is 0.456. The van der Waals surface area contributed by atoms with E-state index in [1.54, 1.807) is 0 Å². The Bertz CT molecular complexity index is 281. The lowest BCUT2D eigenvalue weighted by Crippen LogP contribution is -2.32. The van der Waals surface area contributed by atoms with Crippen molar-refractivity contribution in [2.24, 2.45) is 0 Å². The molecule has 0 amide bonds. The first-order chi connectivity index (χ1) is 7.19. The third kappa shape index (κ3) is 3.27. The minimum atomic E-state index is 0.456. The highest BCUT2D eigenvalue weighted by Crippen LogP contribution is 2.20. The molecule has 1 N–H and O–H groups in total. The monoisotopic (exact) mass is 207 g/mol. The second-order valence-electron chi connectivity index (χ2n) is 3.96. The quantitative estimate of drug-likeness (QED) is 0.805. The maximum atomic E-state index is 4.26. The number of hydrogen-bond donors (Lipinski definition) is 1. The van der Waals surface area contributed by atoms with E-state index < -0.39 is 0 Å². The van der Waals surface area contributed by atoms with E-state index in [-0.39, 0.29) is 0 Å². The number of aromatic nitrogens is 2. The van der Waals surface area contributed by atoms with Crippen LogP contribution in [0, 0.1) is 6.92 Å². The molecule has 1 heterocycles. The molecule has 0 aliphatic rings. The molecule has 0 saturated heterocycles. The van der Waals surface area contributed by atoms with Crippen LogP contribution in [0.3, 0.4) is 0 Å². The average molecular weight is 207 g/mol. The van der Waals surface area contributed by atoms with Crippen molar-refractivity contribution in [1.29, 1.82) is 0 Å². The molecule has 0 bridgehead atoms. The largest absolute Gasteiger partial charge is 0.314 e. The fraction of sp³-hybridized carbons (Fsp3) is 0.667. The molecule has 1 aromatic rings. The van der Waals surface area contributed by atoms with Crippen LogP contribution in [0.15, 0.2) is 12.1 Å². The topological polar surface area (TPSA) is 37.8 Å². The Hall–Kier alpha value is -0.960. The van der Waals surface area contributed by atoms with E-state index in [4.69, 9.17) is 0 Å². The van der Waals surface area contributed by atoms with Crippen LogP contribution in [0.2, 0.25) is 0 Å². The van der Waals surface area contributed by atoms with Crippen LogP contribution in [0.5, 0.6) is 0 Å². The van der Waals surface area contributed by atoms with Crippen LogP contribution in [0.1, 0.15) is 44.5 Å². The van der Waals surface area contributed by atoms with Crippen molar-refractivity contribution in [3.63, 3.8) is 0 Å². The SMILES string of the molecule is CCNC(C)C(CC)c1ccc(C)nn1. The molecule has 1 aromatic heterocycles. The maximum absolute atomic E-state index is 4.26. The minimum Gasteiger partial charge on any atom is -0.314 e. The first kappa shape index (κ1) is 12.1. The zero-order valence-corrected chi connectivity index (χ0v) is 10.1. The second-order valence-corrected chi connectivity index (χ2v) is 3.96. The standard InChI is InChI=1S/C12H21N3/c1-5-11(10(4)13-6-2)12-8-7-9(3)14-15-12/h7-8,10-11,13H,5-6H2,1-4H3. The fourth-order valence-electron chi connectivity index (χ4n) is 1.89. The van der Waals surface area contributed by atoms with Crippen molar-refractivity contribution in [1.82, 2.24) is 15.5 Å². The van der Waals surface area contributed by atoms with E-state index in [2.05, 4.69) is 42.4 Å². The number of rotatable bonds is 5. The molecule has 2 unspecified atom stereocenters. The Morgan fingerprint density at radius 2 is 2.00 bits per heavy atom. The van der Waals surface area contributed by atoms with Gasteiger partial charge < -0.3 is 5.32 Å². The highest BCUT2D eigenvalue weighted by molar-refractivity contribution is 5.12. The Labute approximate surface area is 92.3 Å². The first-order valence-corrected chi connectivity index (χ1v) is 5.72. The Kier molecular flexibility index (Phi) is 4.69. The summed E-state index contributed by atoms with van der Waals surface area (Å²) in [6, 6.07) is 4.57. The molecule has 84 valence electrons. The third-order valence-electron chi connectivity index (χ3n) is 2.77. The second kappa shape index (κ2) is 5.81. The highest BCUT2D eigenvalue weighted by atomic mass is 15.1. The van der Waals surface area contributed by atoms with Crippen LogP contribution in [0.25, 0.3) is 0 Å². The van der Waals surface area contributed by atoms with Crippen molar-refractivity contribution in [3.8, 4) is 0 Å². The molecule has 0 aromatic carbocycles. The van der Waals surface area contributed by atoms with Gasteiger partial charge in [0.1, 0.15) is 0 Å². The number of aryl methyl sites for hydroxylation is 1. The fourth-order valence-corrected chi connectivity index (χ4v) is 1.89. The summed E-state index contributed by atoms with van der Waals surface area (Å²) in [5.74, 6) is 0.457. The van der Waals surface area contributed by atoms with Crippen LogP contribution >= 0.6 is 0 Å². The van der Waals surface area contributed by atoms with Crippen LogP contribution in [-0.4, -0.2) is 22.8 Å². The number of likely N-dealkylation sites (N-methyl/N-ethyl adjacent to an activating group) is 1. The van der Waals surface area contributed by atoms with Gasteiger partial charge >= 0.3 is 0 Å². The van der Waals surface area contributed by atoms with Crippen LogP contribution in [0.4, 0.5) is 0 Å². The third-order valence-corrected chi connectivity index (χ3v) is 2.77. The molecule has 2 atom stereocenters. The smallest absolute Gasteiger partial charge is 0.0677 e. The van der Waals surface area contributed by atoms with E-state index in [0.29, 0.717) is 12.0 Å². The Morgan fingerprint density at radius 3 is 2.47 bits per heavy atom.